The number of hydrogen-bond donors (Lipinski definition) is 1. The highest BCUT2D eigenvalue weighted by molar-refractivity contribution is 5.90. The van der Waals surface area contributed by atoms with Crippen molar-refractivity contribution >= 4 is 11.7 Å². The van der Waals surface area contributed by atoms with Gasteiger partial charge in [0.25, 0.3) is 0 Å². The Morgan fingerprint density at radius 3 is 2.08 bits per heavy atom. The third kappa shape index (κ3) is 5.25. The van der Waals surface area contributed by atoms with Crippen LogP contribution in [0.5, 0.6) is 0 Å². The van der Waals surface area contributed by atoms with Crippen molar-refractivity contribution in [2.45, 2.75) is 12.7 Å². The smallest absolute Gasteiger partial charge is 0.309 e. The van der Waals surface area contributed by atoms with Gasteiger partial charge in [-0.2, -0.15) is 13.2 Å². The zero-order chi connectivity index (χ0) is 25.8. The number of carbonyl (C=O) groups excluding carboxylic acids is 1. The second-order valence-corrected chi connectivity index (χ2v) is 8.20. The summed E-state index contributed by atoms with van der Waals surface area (Å²) in [5, 5.41) is 10.8. The van der Waals surface area contributed by atoms with Gasteiger partial charge in [0.2, 0.25) is 5.91 Å². The molecule has 0 saturated carbocycles. The summed E-state index contributed by atoms with van der Waals surface area (Å²) in [5.74, 6) is -0.105. The van der Waals surface area contributed by atoms with E-state index in [4.69, 9.17) is 0 Å². The maximum atomic E-state index is 13.7. The lowest BCUT2D eigenvalue weighted by Gasteiger charge is -2.13. The fraction of sp³-hybridized carbons (Fsp3) is 0.0714. The molecule has 0 aliphatic heterocycles. The van der Waals surface area contributed by atoms with E-state index in [1.807, 2.05) is 36.4 Å². The molecule has 5 rings (SSSR count). The molecule has 2 heterocycles. The van der Waals surface area contributed by atoms with E-state index in [9.17, 15) is 18.0 Å². The Labute approximate surface area is 210 Å². The summed E-state index contributed by atoms with van der Waals surface area (Å²) in [7, 11) is 0. The van der Waals surface area contributed by atoms with Crippen LogP contribution in [0.1, 0.15) is 5.56 Å². The van der Waals surface area contributed by atoms with Crippen molar-refractivity contribution in [3.05, 3.63) is 109 Å². The number of benzene rings is 3. The van der Waals surface area contributed by atoms with Gasteiger partial charge < -0.3 is 5.32 Å². The van der Waals surface area contributed by atoms with Gasteiger partial charge in [0.1, 0.15) is 18.1 Å². The number of hydrogen-bond acceptors (Lipinski definition) is 4. The second kappa shape index (κ2) is 10.1. The first-order chi connectivity index (χ1) is 17.9. The molecule has 0 fully saturated rings. The molecule has 0 spiro atoms. The van der Waals surface area contributed by atoms with Crippen LogP contribution in [0.25, 0.3) is 33.6 Å². The Morgan fingerprint density at radius 1 is 0.784 bits per heavy atom. The fourth-order valence-electron chi connectivity index (χ4n) is 4.01. The van der Waals surface area contributed by atoms with E-state index in [-0.39, 0.29) is 17.8 Å². The first kappa shape index (κ1) is 23.9. The van der Waals surface area contributed by atoms with Gasteiger partial charge in [-0.05, 0) is 23.8 Å². The highest BCUT2D eigenvalue weighted by atomic mass is 19.4. The van der Waals surface area contributed by atoms with Crippen LogP contribution in [0.3, 0.4) is 0 Å². The highest BCUT2D eigenvalue weighted by Gasteiger charge is 2.35. The molecule has 184 valence electrons. The number of pyridine rings is 1. The van der Waals surface area contributed by atoms with E-state index in [1.165, 1.54) is 22.9 Å². The highest BCUT2D eigenvalue weighted by Crippen LogP contribution is 2.39. The van der Waals surface area contributed by atoms with Crippen LogP contribution in [0.4, 0.5) is 19.0 Å². The number of carbonyl (C=O) groups is 1. The molecule has 0 aliphatic rings. The van der Waals surface area contributed by atoms with Gasteiger partial charge in [-0.3, -0.25) is 4.79 Å². The Morgan fingerprint density at radius 2 is 1.43 bits per heavy atom. The zero-order valence-corrected chi connectivity index (χ0v) is 19.4. The second-order valence-electron chi connectivity index (χ2n) is 8.20. The number of nitrogens with zero attached hydrogens (tertiary/aromatic N) is 4. The maximum absolute atomic E-state index is 13.7. The lowest BCUT2D eigenvalue weighted by Crippen LogP contribution is -2.20. The van der Waals surface area contributed by atoms with E-state index >= 15 is 0 Å². The zero-order valence-electron chi connectivity index (χ0n) is 19.4. The third-order valence-corrected chi connectivity index (χ3v) is 5.70. The molecule has 0 aliphatic carbocycles. The Balaban J connectivity index is 1.44. The minimum absolute atomic E-state index is 0.0391. The molecule has 0 bridgehead atoms. The van der Waals surface area contributed by atoms with Gasteiger partial charge >= 0.3 is 6.18 Å². The minimum Gasteiger partial charge on any atom is -0.309 e. The number of anilines is 1. The average Bonchev–Trinajstić information content (AvgIpc) is 3.32. The molecular formula is C28H20F3N5O. The van der Waals surface area contributed by atoms with Gasteiger partial charge in [-0.15, -0.1) is 5.10 Å². The number of amides is 1. The number of nitrogens with one attached hydrogen (secondary N) is 1. The van der Waals surface area contributed by atoms with E-state index in [2.05, 4.69) is 20.6 Å². The van der Waals surface area contributed by atoms with E-state index < -0.39 is 17.6 Å². The molecule has 1 N–H and O–H groups in total. The van der Waals surface area contributed by atoms with Crippen molar-refractivity contribution < 1.29 is 18.0 Å². The molecule has 37 heavy (non-hydrogen) atoms. The summed E-state index contributed by atoms with van der Waals surface area (Å²) in [6.07, 6.45) is -2.93. The van der Waals surface area contributed by atoms with Crippen LogP contribution < -0.4 is 5.32 Å². The standard InChI is InChI=1S/C28H20F3N5O/c29-28(30,31)23-14-8-7-13-22(23)26-27(20-11-5-2-6-12-20)36(35-34-26)18-25(37)33-24-16-15-21(17-32-24)19-9-3-1-4-10-19/h1-17H,18H2,(H,32,33,37). The van der Waals surface area contributed by atoms with Crippen molar-refractivity contribution in [3.63, 3.8) is 0 Å². The normalized spacial score (nSPS) is 11.3. The van der Waals surface area contributed by atoms with Crippen LogP contribution in [0, 0.1) is 0 Å². The lowest BCUT2D eigenvalue weighted by atomic mass is 9.99. The third-order valence-electron chi connectivity index (χ3n) is 5.70. The van der Waals surface area contributed by atoms with E-state index in [0.29, 0.717) is 17.1 Å². The summed E-state index contributed by atoms with van der Waals surface area (Å²) in [6.45, 7) is -0.270. The van der Waals surface area contributed by atoms with E-state index in [1.54, 1.807) is 42.6 Å². The van der Waals surface area contributed by atoms with Crippen LogP contribution in [0.15, 0.2) is 103 Å². The predicted octanol–water partition coefficient (Wildman–Crippen LogP) is 6.33. The fourth-order valence-corrected chi connectivity index (χ4v) is 4.01. The Kier molecular flexibility index (Phi) is 6.51. The predicted molar refractivity (Wildman–Crippen MR) is 134 cm³/mol. The lowest BCUT2D eigenvalue weighted by molar-refractivity contribution is -0.137. The first-order valence-electron chi connectivity index (χ1n) is 11.4. The first-order valence-corrected chi connectivity index (χ1v) is 11.4. The van der Waals surface area contributed by atoms with Gasteiger partial charge in [0.15, 0.2) is 0 Å². The molecule has 0 atom stereocenters. The number of rotatable bonds is 6. The quantitative estimate of drug-likeness (QED) is 0.296. The summed E-state index contributed by atoms with van der Waals surface area (Å²) in [6, 6.07) is 27.2. The van der Waals surface area contributed by atoms with Crippen molar-refractivity contribution in [2.75, 3.05) is 5.32 Å². The number of aromatic nitrogens is 4. The van der Waals surface area contributed by atoms with Gasteiger partial charge in [-0.1, -0.05) is 84.1 Å². The topological polar surface area (TPSA) is 72.7 Å². The molecule has 3 aromatic carbocycles. The monoisotopic (exact) mass is 499 g/mol. The molecule has 9 heteroatoms. The van der Waals surface area contributed by atoms with Crippen LogP contribution in [0.2, 0.25) is 0 Å². The molecule has 5 aromatic rings. The molecule has 0 radical (unpaired) electrons. The SMILES string of the molecule is O=C(Cn1nnc(-c2ccccc2C(F)(F)F)c1-c1ccccc1)Nc1ccc(-c2ccccc2)cn1. The van der Waals surface area contributed by atoms with E-state index in [0.717, 1.165) is 17.2 Å². The molecule has 0 unspecified atom stereocenters. The minimum atomic E-state index is -4.58. The summed E-state index contributed by atoms with van der Waals surface area (Å²) < 4.78 is 42.5. The van der Waals surface area contributed by atoms with Crippen molar-refractivity contribution in [3.8, 4) is 33.6 Å². The summed E-state index contributed by atoms with van der Waals surface area (Å²) >= 11 is 0. The Hall–Kier alpha value is -4.79. The van der Waals surface area contributed by atoms with Crippen molar-refractivity contribution in [1.29, 1.82) is 0 Å². The Bertz CT molecular complexity index is 1520. The van der Waals surface area contributed by atoms with Crippen LogP contribution in [-0.2, 0) is 17.5 Å². The van der Waals surface area contributed by atoms with Crippen molar-refractivity contribution in [2.24, 2.45) is 0 Å². The van der Waals surface area contributed by atoms with Gasteiger partial charge in [-0.25, -0.2) is 9.67 Å². The molecular weight excluding hydrogens is 479 g/mol. The molecule has 0 saturated heterocycles. The summed E-state index contributed by atoms with van der Waals surface area (Å²) in [5.41, 5.74) is 1.88. The van der Waals surface area contributed by atoms with Crippen LogP contribution >= 0.6 is 0 Å². The largest absolute Gasteiger partial charge is 0.417 e. The number of halogens is 3. The molecule has 6 nitrogen and oxygen atoms in total. The number of alkyl halides is 3. The van der Waals surface area contributed by atoms with Crippen LogP contribution in [-0.4, -0.2) is 25.9 Å². The summed E-state index contributed by atoms with van der Waals surface area (Å²) in [4.78, 5) is 17.2. The molecule has 1 amide bonds. The average molecular weight is 499 g/mol. The van der Waals surface area contributed by atoms with Gasteiger partial charge in [0.05, 0.1) is 11.3 Å². The maximum Gasteiger partial charge on any atom is 0.417 e. The molecule has 2 aromatic heterocycles. The van der Waals surface area contributed by atoms with Gasteiger partial charge in [0, 0.05) is 22.9 Å². The van der Waals surface area contributed by atoms with Crippen molar-refractivity contribution in [1.82, 2.24) is 20.0 Å².